The Balaban J connectivity index is 1.67. The van der Waals surface area contributed by atoms with Gasteiger partial charge in [-0.15, -0.1) is 0 Å². The van der Waals surface area contributed by atoms with Gasteiger partial charge >= 0.3 is 6.18 Å². The molecule has 7 heteroatoms. The Morgan fingerprint density at radius 1 is 1.07 bits per heavy atom. The van der Waals surface area contributed by atoms with Crippen LogP contribution in [-0.2, 0) is 24.1 Å². The number of hydrogen-bond donors (Lipinski definition) is 1. The normalized spacial score (nSPS) is 21.7. The van der Waals surface area contributed by atoms with Crippen LogP contribution in [0.1, 0.15) is 41.5 Å². The molecule has 1 aliphatic carbocycles. The van der Waals surface area contributed by atoms with Crippen molar-refractivity contribution < 1.29 is 23.1 Å². The van der Waals surface area contributed by atoms with Crippen LogP contribution in [-0.4, -0.2) is 33.6 Å². The Labute approximate surface area is 166 Å². The van der Waals surface area contributed by atoms with Gasteiger partial charge in [-0.05, 0) is 54.0 Å². The van der Waals surface area contributed by atoms with E-state index in [0.29, 0.717) is 11.1 Å². The monoisotopic (exact) mass is 402 g/mol. The largest absolute Gasteiger partial charge is 0.438 e. The minimum absolute atomic E-state index is 0.0691. The molecule has 1 amide bonds. The summed E-state index contributed by atoms with van der Waals surface area (Å²) in [5.41, 5.74) is 0.0922. The van der Waals surface area contributed by atoms with E-state index in [1.807, 2.05) is 12.1 Å². The molecular weight excluding hydrogens is 381 g/mol. The molecule has 4 nitrogen and oxygen atoms in total. The predicted molar refractivity (Wildman–Crippen MR) is 102 cm³/mol. The van der Waals surface area contributed by atoms with Crippen molar-refractivity contribution in [3.8, 4) is 0 Å². The Morgan fingerprint density at radius 2 is 1.76 bits per heavy atom. The fourth-order valence-corrected chi connectivity index (χ4v) is 3.95. The maximum atomic E-state index is 13.7. The summed E-state index contributed by atoms with van der Waals surface area (Å²) in [6, 6.07) is 13.9. The molecule has 1 aliphatic heterocycles. The van der Waals surface area contributed by atoms with E-state index in [4.69, 9.17) is 0 Å². The SMILES string of the molecule is O=C(Cc1ccccc1)N1N=C(c2ccc3c(c2)CCCC3)CC1(O)C(F)(F)F. The number of rotatable bonds is 3. The first-order chi connectivity index (χ1) is 13.8. The molecule has 0 fully saturated rings. The molecule has 2 aliphatic rings. The van der Waals surface area contributed by atoms with Crippen molar-refractivity contribution in [2.45, 2.75) is 50.4 Å². The third-order valence-corrected chi connectivity index (χ3v) is 5.56. The Morgan fingerprint density at radius 3 is 2.45 bits per heavy atom. The average Bonchev–Trinajstić information content (AvgIpc) is 3.07. The number of carbonyl (C=O) groups is 1. The van der Waals surface area contributed by atoms with Gasteiger partial charge in [0, 0.05) is 0 Å². The van der Waals surface area contributed by atoms with Crippen LogP contribution in [0.4, 0.5) is 13.2 Å². The molecule has 2 aromatic rings. The number of aryl methyl sites for hydroxylation is 2. The second-order valence-electron chi connectivity index (χ2n) is 7.60. The maximum absolute atomic E-state index is 13.7. The van der Waals surface area contributed by atoms with Crippen LogP contribution in [0.2, 0.25) is 0 Å². The second kappa shape index (κ2) is 7.30. The second-order valence-corrected chi connectivity index (χ2v) is 7.60. The number of fused-ring (bicyclic) bond motifs is 1. The first-order valence-corrected chi connectivity index (χ1v) is 9.64. The quantitative estimate of drug-likeness (QED) is 0.844. The van der Waals surface area contributed by atoms with Crippen molar-refractivity contribution >= 4 is 11.6 Å². The topological polar surface area (TPSA) is 52.9 Å². The number of carbonyl (C=O) groups excluding carboxylic acids is 1. The number of aliphatic hydroxyl groups is 1. The van der Waals surface area contributed by atoms with Crippen molar-refractivity contribution in [3.05, 3.63) is 70.8 Å². The number of nitrogens with zero attached hydrogens (tertiary/aromatic N) is 2. The lowest BCUT2D eigenvalue weighted by Gasteiger charge is -2.32. The van der Waals surface area contributed by atoms with Gasteiger partial charge < -0.3 is 5.11 Å². The third kappa shape index (κ3) is 3.67. The highest BCUT2D eigenvalue weighted by Crippen LogP contribution is 2.41. The van der Waals surface area contributed by atoms with Crippen LogP contribution in [0.25, 0.3) is 0 Å². The molecule has 1 N–H and O–H groups in total. The van der Waals surface area contributed by atoms with Gasteiger partial charge in [0.15, 0.2) is 0 Å². The summed E-state index contributed by atoms with van der Waals surface area (Å²) in [5, 5.41) is 14.6. The minimum atomic E-state index is -5.03. The van der Waals surface area contributed by atoms with Crippen molar-refractivity contribution in [1.29, 1.82) is 0 Å². The molecule has 0 bridgehead atoms. The molecule has 29 heavy (non-hydrogen) atoms. The number of hydrogen-bond acceptors (Lipinski definition) is 3. The van der Waals surface area contributed by atoms with E-state index >= 15 is 0 Å². The van der Waals surface area contributed by atoms with Gasteiger partial charge in [-0.2, -0.15) is 23.3 Å². The molecule has 2 aromatic carbocycles. The summed E-state index contributed by atoms with van der Waals surface area (Å²) in [7, 11) is 0. The fourth-order valence-electron chi connectivity index (χ4n) is 3.95. The molecule has 1 atom stereocenters. The van der Waals surface area contributed by atoms with Crippen molar-refractivity contribution in [3.63, 3.8) is 0 Å². The van der Waals surface area contributed by atoms with E-state index in [1.54, 1.807) is 36.4 Å². The summed E-state index contributed by atoms with van der Waals surface area (Å²) in [5.74, 6) is -0.899. The van der Waals surface area contributed by atoms with Crippen molar-refractivity contribution in [2.24, 2.45) is 5.10 Å². The molecule has 4 rings (SSSR count). The predicted octanol–water partition coefficient (Wildman–Crippen LogP) is 4.00. The summed E-state index contributed by atoms with van der Waals surface area (Å²) in [6.45, 7) is 0. The van der Waals surface area contributed by atoms with Crippen LogP contribution in [0.3, 0.4) is 0 Å². The van der Waals surface area contributed by atoms with Gasteiger partial charge in [0.1, 0.15) is 0 Å². The van der Waals surface area contributed by atoms with E-state index in [-0.39, 0.29) is 17.1 Å². The van der Waals surface area contributed by atoms with E-state index < -0.39 is 24.2 Å². The fraction of sp³-hybridized carbons (Fsp3) is 0.364. The third-order valence-electron chi connectivity index (χ3n) is 5.56. The molecule has 0 saturated heterocycles. The number of halogens is 3. The Hall–Kier alpha value is -2.67. The van der Waals surface area contributed by atoms with Crippen LogP contribution in [0, 0.1) is 0 Å². The van der Waals surface area contributed by atoms with Crippen molar-refractivity contribution in [1.82, 2.24) is 5.01 Å². The highest BCUT2D eigenvalue weighted by atomic mass is 19.4. The highest BCUT2D eigenvalue weighted by Gasteiger charge is 2.63. The first kappa shape index (κ1) is 19.6. The Bertz CT molecular complexity index is 956. The molecular formula is C22H21F3N2O2. The van der Waals surface area contributed by atoms with Gasteiger partial charge in [0.2, 0.25) is 5.91 Å². The van der Waals surface area contributed by atoms with Gasteiger partial charge in [-0.25, -0.2) is 0 Å². The van der Waals surface area contributed by atoms with Crippen LogP contribution in [0.5, 0.6) is 0 Å². The summed E-state index contributed by atoms with van der Waals surface area (Å²) in [6.07, 6.45) is -2.12. The number of benzene rings is 2. The zero-order chi connectivity index (χ0) is 20.6. The smallest absolute Gasteiger partial charge is 0.362 e. The molecule has 0 saturated carbocycles. The van der Waals surface area contributed by atoms with E-state index in [1.165, 1.54) is 5.56 Å². The molecule has 152 valence electrons. The Kier molecular flexibility index (Phi) is 4.94. The highest BCUT2D eigenvalue weighted by molar-refractivity contribution is 6.03. The summed E-state index contributed by atoms with van der Waals surface area (Å²) >= 11 is 0. The van der Waals surface area contributed by atoms with E-state index in [2.05, 4.69) is 5.10 Å². The number of amides is 1. The molecule has 0 radical (unpaired) electrons. The summed E-state index contributed by atoms with van der Waals surface area (Å²) in [4.78, 5) is 12.6. The lowest BCUT2D eigenvalue weighted by Crippen LogP contribution is -2.57. The molecule has 0 aromatic heterocycles. The maximum Gasteiger partial charge on any atom is 0.438 e. The lowest BCUT2D eigenvalue weighted by atomic mass is 9.89. The molecule has 1 heterocycles. The van der Waals surface area contributed by atoms with E-state index in [9.17, 15) is 23.1 Å². The summed E-state index contributed by atoms with van der Waals surface area (Å²) < 4.78 is 41.2. The van der Waals surface area contributed by atoms with Gasteiger partial charge in [-0.3, -0.25) is 4.79 Å². The van der Waals surface area contributed by atoms with Gasteiger partial charge in [0.05, 0.1) is 18.6 Å². The molecule has 1 unspecified atom stereocenters. The number of alkyl halides is 3. The van der Waals surface area contributed by atoms with E-state index in [0.717, 1.165) is 31.2 Å². The van der Waals surface area contributed by atoms with Gasteiger partial charge in [0.25, 0.3) is 5.72 Å². The zero-order valence-corrected chi connectivity index (χ0v) is 15.7. The first-order valence-electron chi connectivity index (χ1n) is 9.64. The molecule has 0 spiro atoms. The standard InChI is InChI=1S/C22H21F3N2O2/c23-22(24,25)21(29)14-19(18-11-10-16-8-4-5-9-17(16)13-18)26-27(21)20(28)12-15-6-2-1-3-7-15/h1-3,6-7,10-11,13,29H,4-5,8-9,12,14H2. The van der Waals surface area contributed by atoms with Crippen molar-refractivity contribution in [2.75, 3.05) is 0 Å². The number of hydrazone groups is 1. The van der Waals surface area contributed by atoms with Crippen LogP contribution in [0.15, 0.2) is 53.6 Å². The average molecular weight is 402 g/mol. The van der Waals surface area contributed by atoms with Crippen LogP contribution >= 0.6 is 0 Å². The van der Waals surface area contributed by atoms with Gasteiger partial charge in [-0.1, -0.05) is 42.5 Å². The lowest BCUT2D eigenvalue weighted by molar-refractivity contribution is -0.302. The zero-order valence-electron chi connectivity index (χ0n) is 15.7. The minimum Gasteiger partial charge on any atom is -0.362 e. The van der Waals surface area contributed by atoms with Crippen LogP contribution < -0.4 is 0 Å².